The maximum atomic E-state index is 15.1. The maximum absolute atomic E-state index is 15.1. The molecule has 5 rings (SSSR count). The first-order chi connectivity index (χ1) is 17.8. The third-order valence-corrected chi connectivity index (χ3v) is 7.13. The minimum absolute atomic E-state index is 0.0782. The number of allylic oxidation sites excluding steroid dienone is 1. The van der Waals surface area contributed by atoms with Crippen molar-refractivity contribution in [2.24, 2.45) is 5.41 Å². The number of nitrogens with one attached hydrogen (secondary N) is 1. The van der Waals surface area contributed by atoms with Crippen LogP contribution in [-0.2, 0) is 9.53 Å². The summed E-state index contributed by atoms with van der Waals surface area (Å²) in [5.74, 6) is 1.19. The van der Waals surface area contributed by atoms with E-state index < -0.39 is 5.83 Å². The van der Waals surface area contributed by atoms with Crippen LogP contribution in [0.1, 0.15) is 36.7 Å². The Labute approximate surface area is 215 Å². The first kappa shape index (κ1) is 25.1. The minimum Gasteiger partial charge on any atom is -0.493 e. The van der Waals surface area contributed by atoms with Gasteiger partial charge in [-0.05, 0) is 45.4 Å². The molecule has 2 aliphatic rings. The number of benzene rings is 1. The summed E-state index contributed by atoms with van der Waals surface area (Å²) >= 11 is 0. The number of amides is 1. The number of hydrogen-bond donors (Lipinski definition) is 1. The number of ether oxygens (including phenoxy) is 4. The van der Waals surface area contributed by atoms with Crippen LogP contribution in [0, 0.1) is 19.3 Å². The number of hydrogen-bond acceptors (Lipinski definition) is 6. The summed E-state index contributed by atoms with van der Waals surface area (Å²) < 4.78 is 37.9. The zero-order chi connectivity index (χ0) is 26.2. The van der Waals surface area contributed by atoms with Crippen molar-refractivity contribution in [2.75, 3.05) is 40.0 Å². The van der Waals surface area contributed by atoms with Crippen LogP contribution in [0.15, 0.2) is 36.2 Å². The van der Waals surface area contributed by atoms with Gasteiger partial charge in [-0.25, -0.2) is 4.39 Å². The zero-order valence-electron chi connectivity index (χ0n) is 21.7. The number of methoxy groups -OCH3 is 1. The molecule has 1 aromatic carbocycles. The number of carbonyl (C=O) groups is 1. The lowest BCUT2D eigenvalue weighted by atomic mass is 9.85. The van der Waals surface area contributed by atoms with Crippen LogP contribution in [0.5, 0.6) is 17.2 Å². The van der Waals surface area contributed by atoms with Crippen molar-refractivity contribution in [2.45, 2.75) is 33.6 Å². The lowest BCUT2D eigenvalue weighted by Gasteiger charge is -2.37. The number of carbonyl (C=O) groups excluding carboxylic acids is 1. The highest BCUT2D eigenvalue weighted by atomic mass is 19.1. The number of H-pyrrole nitrogens is 1. The number of fused-ring (bicyclic) bond motifs is 1. The van der Waals surface area contributed by atoms with Crippen molar-refractivity contribution in [3.63, 3.8) is 0 Å². The van der Waals surface area contributed by atoms with E-state index >= 15 is 4.39 Å². The molecule has 0 saturated carbocycles. The lowest BCUT2D eigenvalue weighted by molar-refractivity contribution is -0.135. The summed E-state index contributed by atoms with van der Waals surface area (Å²) in [4.78, 5) is 22.1. The SMILES string of the molecule is COc1cc2c(OC(C)=C(F)c3cc(C)[nH]c3C)ccnc2cc1OCCC(=O)N1CCC2(COC2)C1. The van der Waals surface area contributed by atoms with Crippen LogP contribution in [0.3, 0.4) is 0 Å². The molecule has 3 aromatic rings. The molecule has 0 radical (unpaired) electrons. The maximum Gasteiger partial charge on any atom is 0.226 e. The molecule has 4 heterocycles. The summed E-state index contributed by atoms with van der Waals surface area (Å²) in [6.45, 7) is 8.53. The van der Waals surface area contributed by atoms with Gasteiger partial charge in [-0.1, -0.05) is 0 Å². The second-order valence-corrected chi connectivity index (χ2v) is 9.95. The van der Waals surface area contributed by atoms with Crippen molar-refractivity contribution >= 4 is 22.6 Å². The molecule has 1 amide bonds. The van der Waals surface area contributed by atoms with E-state index in [1.165, 1.54) is 0 Å². The number of aryl methyl sites for hydroxylation is 2. The summed E-state index contributed by atoms with van der Waals surface area (Å²) in [5.41, 5.74) is 2.86. The first-order valence-electron chi connectivity index (χ1n) is 12.4. The first-order valence-corrected chi connectivity index (χ1v) is 12.4. The molecule has 2 saturated heterocycles. The van der Waals surface area contributed by atoms with Gasteiger partial charge in [0.1, 0.15) is 11.5 Å². The van der Waals surface area contributed by atoms with Crippen LogP contribution in [0.25, 0.3) is 16.7 Å². The number of rotatable bonds is 8. The van der Waals surface area contributed by atoms with Crippen LogP contribution in [0.2, 0.25) is 0 Å². The molecule has 196 valence electrons. The van der Waals surface area contributed by atoms with E-state index in [9.17, 15) is 4.79 Å². The summed E-state index contributed by atoms with van der Waals surface area (Å²) in [6.07, 6.45) is 2.87. The molecule has 2 fully saturated rings. The van der Waals surface area contributed by atoms with Crippen molar-refractivity contribution in [3.8, 4) is 17.2 Å². The van der Waals surface area contributed by atoms with Gasteiger partial charge in [-0.3, -0.25) is 9.78 Å². The van der Waals surface area contributed by atoms with Gasteiger partial charge in [0.15, 0.2) is 17.3 Å². The number of likely N-dealkylation sites (tertiary alicyclic amines) is 1. The number of aromatic nitrogens is 2. The average Bonchev–Trinajstić information content (AvgIpc) is 3.47. The van der Waals surface area contributed by atoms with Crippen LogP contribution in [0.4, 0.5) is 4.39 Å². The highest BCUT2D eigenvalue weighted by Gasteiger charge is 2.45. The molecule has 2 aliphatic heterocycles. The van der Waals surface area contributed by atoms with Gasteiger partial charge in [0.2, 0.25) is 5.91 Å². The van der Waals surface area contributed by atoms with E-state index in [2.05, 4.69) is 9.97 Å². The summed E-state index contributed by atoms with van der Waals surface area (Å²) in [6, 6.07) is 6.94. The van der Waals surface area contributed by atoms with Gasteiger partial charge < -0.3 is 28.8 Å². The molecule has 0 bridgehead atoms. The Morgan fingerprint density at radius 2 is 2.03 bits per heavy atom. The van der Waals surface area contributed by atoms with Gasteiger partial charge in [0.05, 0.1) is 38.9 Å². The monoisotopic (exact) mass is 509 g/mol. The Bertz CT molecular complexity index is 1360. The Hall–Kier alpha value is -3.59. The Morgan fingerprint density at radius 1 is 1.22 bits per heavy atom. The van der Waals surface area contributed by atoms with Crippen LogP contribution in [-0.4, -0.2) is 60.8 Å². The smallest absolute Gasteiger partial charge is 0.226 e. The molecule has 0 atom stereocenters. The Balaban J connectivity index is 1.30. The standard InChI is InChI=1S/C28H32FN3O5/c1-17-11-20(18(2)31-17)27(29)19(3)37-23-5-8-30-22-13-25(24(34-4)12-21(22)23)36-10-6-26(33)32-9-7-28(14-32)15-35-16-28/h5,8,11-13,31H,6-7,9-10,14-16H2,1-4H3. The summed E-state index contributed by atoms with van der Waals surface area (Å²) in [7, 11) is 1.54. The number of halogens is 1. The fourth-order valence-corrected chi connectivity index (χ4v) is 5.02. The molecule has 1 spiro atoms. The van der Waals surface area contributed by atoms with Gasteiger partial charge in [0, 0.05) is 53.1 Å². The Kier molecular flexibility index (Phi) is 6.81. The van der Waals surface area contributed by atoms with Crippen LogP contribution < -0.4 is 14.2 Å². The molecular formula is C28H32FN3O5. The molecule has 0 unspecified atom stereocenters. The molecule has 37 heavy (non-hydrogen) atoms. The van der Waals surface area contributed by atoms with Crippen molar-refractivity contribution in [3.05, 3.63) is 53.2 Å². The van der Waals surface area contributed by atoms with Gasteiger partial charge in [-0.2, -0.15) is 0 Å². The third kappa shape index (κ3) is 5.00. The van der Waals surface area contributed by atoms with Gasteiger partial charge in [-0.15, -0.1) is 0 Å². The topological polar surface area (TPSA) is 85.9 Å². The predicted octanol–water partition coefficient (Wildman–Crippen LogP) is 4.94. The summed E-state index contributed by atoms with van der Waals surface area (Å²) in [5, 5.41) is 0.655. The van der Waals surface area contributed by atoms with E-state index in [-0.39, 0.29) is 30.1 Å². The van der Waals surface area contributed by atoms with Crippen molar-refractivity contribution in [1.82, 2.24) is 14.9 Å². The molecule has 0 aliphatic carbocycles. The normalized spacial score (nSPS) is 17.1. The molecular weight excluding hydrogens is 477 g/mol. The van der Waals surface area contributed by atoms with Crippen molar-refractivity contribution in [1.29, 1.82) is 0 Å². The van der Waals surface area contributed by atoms with Crippen LogP contribution >= 0.6 is 0 Å². The fourth-order valence-electron chi connectivity index (χ4n) is 5.02. The van der Waals surface area contributed by atoms with E-state index in [0.29, 0.717) is 33.7 Å². The second-order valence-electron chi connectivity index (χ2n) is 9.95. The zero-order valence-corrected chi connectivity index (χ0v) is 21.7. The van der Waals surface area contributed by atoms with E-state index in [1.807, 2.05) is 18.7 Å². The average molecular weight is 510 g/mol. The third-order valence-electron chi connectivity index (χ3n) is 7.13. The van der Waals surface area contributed by atoms with E-state index in [1.54, 1.807) is 44.5 Å². The second kappa shape index (κ2) is 10.0. The van der Waals surface area contributed by atoms with E-state index in [4.69, 9.17) is 18.9 Å². The van der Waals surface area contributed by atoms with Gasteiger partial charge >= 0.3 is 0 Å². The highest BCUT2D eigenvalue weighted by Crippen LogP contribution is 2.39. The molecule has 2 aromatic heterocycles. The lowest BCUT2D eigenvalue weighted by Crippen LogP contribution is -2.45. The van der Waals surface area contributed by atoms with Gasteiger partial charge in [0.25, 0.3) is 0 Å². The molecule has 1 N–H and O–H groups in total. The fraction of sp³-hybridized carbons (Fsp3) is 0.429. The number of pyridine rings is 1. The molecule has 8 nitrogen and oxygen atoms in total. The largest absolute Gasteiger partial charge is 0.493 e. The predicted molar refractivity (Wildman–Crippen MR) is 137 cm³/mol. The quantitative estimate of drug-likeness (QED) is 0.433. The van der Waals surface area contributed by atoms with Crippen molar-refractivity contribution < 1.29 is 28.1 Å². The Morgan fingerprint density at radius 3 is 2.68 bits per heavy atom. The minimum atomic E-state index is -0.433. The molecule has 9 heteroatoms. The number of aromatic amines is 1. The number of nitrogens with zero attached hydrogens (tertiary/aromatic N) is 2. The highest BCUT2D eigenvalue weighted by molar-refractivity contribution is 5.88. The van der Waals surface area contributed by atoms with E-state index in [0.717, 1.165) is 44.1 Å².